The Bertz CT molecular complexity index is 1050. The van der Waals surface area contributed by atoms with E-state index in [4.69, 9.17) is 13.9 Å². The van der Waals surface area contributed by atoms with E-state index in [9.17, 15) is 4.79 Å². The molecule has 0 spiro atoms. The summed E-state index contributed by atoms with van der Waals surface area (Å²) in [7, 11) is 3.25. The second kappa shape index (κ2) is 8.21. The predicted molar refractivity (Wildman–Crippen MR) is 111 cm³/mol. The number of carbonyl (C=O) groups is 1. The lowest BCUT2D eigenvalue weighted by atomic mass is 9.98. The minimum Gasteiger partial charge on any atom is -0.496 e. The van der Waals surface area contributed by atoms with Gasteiger partial charge in [0.25, 0.3) is 0 Å². The summed E-state index contributed by atoms with van der Waals surface area (Å²) in [6, 6.07) is 9.63. The SMILES string of the molecule is COc1ccccc1CNC(=O)/C=C(\C)c1cc2c(C)coc2c(C)c1OC. The molecule has 28 heavy (non-hydrogen) atoms. The van der Waals surface area contributed by atoms with E-state index < -0.39 is 0 Å². The van der Waals surface area contributed by atoms with Gasteiger partial charge in [-0.3, -0.25) is 4.79 Å². The van der Waals surface area contributed by atoms with E-state index in [0.717, 1.165) is 44.5 Å². The molecule has 0 fully saturated rings. The molecule has 2 aromatic carbocycles. The Hall–Kier alpha value is -3.21. The van der Waals surface area contributed by atoms with Gasteiger partial charge < -0.3 is 19.2 Å². The Morgan fingerprint density at radius 1 is 1.18 bits per heavy atom. The number of hydrogen-bond donors (Lipinski definition) is 1. The summed E-state index contributed by atoms with van der Waals surface area (Å²) in [6.45, 7) is 6.26. The molecule has 3 rings (SSSR count). The molecule has 0 bridgehead atoms. The zero-order chi connectivity index (χ0) is 20.3. The lowest BCUT2D eigenvalue weighted by Crippen LogP contribution is -2.21. The number of hydrogen-bond acceptors (Lipinski definition) is 4. The first-order chi connectivity index (χ1) is 13.5. The second-order valence-corrected chi connectivity index (χ2v) is 6.73. The summed E-state index contributed by atoms with van der Waals surface area (Å²) in [5.41, 5.74) is 5.41. The lowest BCUT2D eigenvalue weighted by molar-refractivity contribution is -0.116. The number of carbonyl (C=O) groups excluding carboxylic acids is 1. The average Bonchev–Trinajstić information content (AvgIpc) is 3.07. The van der Waals surface area contributed by atoms with Crippen LogP contribution in [0.15, 0.2) is 47.1 Å². The molecule has 1 aromatic heterocycles. The van der Waals surface area contributed by atoms with Crippen LogP contribution in [0.5, 0.6) is 11.5 Å². The number of benzene rings is 2. The first-order valence-corrected chi connectivity index (χ1v) is 9.10. The van der Waals surface area contributed by atoms with Crippen LogP contribution in [0.1, 0.15) is 29.2 Å². The molecule has 5 nitrogen and oxygen atoms in total. The molecule has 0 aliphatic rings. The predicted octanol–water partition coefficient (Wildman–Crippen LogP) is 4.79. The minimum absolute atomic E-state index is 0.174. The molecular formula is C23H25NO4. The van der Waals surface area contributed by atoms with Crippen molar-refractivity contribution in [3.05, 3.63) is 64.9 Å². The van der Waals surface area contributed by atoms with Crippen LogP contribution in [0, 0.1) is 13.8 Å². The van der Waals surface area contributed by atoms with E-state index in [-0.39, 0.29) is 5.91 Å². The zero-order valence-corrected chi connectivity index (χ0v) is 16.9. The molecule has 3 aromatic rings. The van der Waals surface area contributed by atoms with Crippen molar-refractivity contribution in [2.75, 3.05) is 14.2 Å². The summed E-state index contributed by atoms with van der Waals surface area (Å²) in [5.74, 6) is 1.29. The monoisotopic (exact) mass is 379 g/mol. The van der Waals surface area contributed by atoms with E-state index >= 15 is 0 Å². The van der Waals surface area contributed by atoms with Crippen molar-refractivity contribution >= 4 is 22.4 Å². The third-order valence-corrected chi connectivity index (χ3v) is 4.86. The van der Waals surface area contributed by atoms with Gasteiger partial charge in [0.2, 0.25) is 5.91 Å². The molecule has 1 N–H and O–H groups in total. The Labute approximate surface area is 164 Å². The Kier molecular flexibility index (Phi) is 5.73. The van der Waals surface area contributed by atoms with Crippen LogP contribution < -0.4 is 14.8 Å². The summed E-state index contributed by atoms with van der Waals surface area (Å²) < 4.78 is 16.6. The zero-order valence-electron chi connectivity index (χ0n) is 16.9. The highest BCUT2D eigenvalue weighted by Crippen LogP contribution is 2.37. The summed E-state index contributed by atoms with van der Waals surface area (Å²) >= 11 is 0. The molecule has 0 atom stereocenters. The van der Waals surface area contributed by atoms with Gasteiger partial charge in [0.1, 0.15) is 17.1 Å². The fourth-order valence-electron chi connectivity index (χ4n) is 3.35. The van der Waals surface area contributed by atoms with Crippen LogP contribution in [-0.2, 0) is 11.3 Å². The molecule has 0 aliphatic heterocycles. The van der Waals surface area contributed by atoms with Crippen LogP contribution in [0.2, 0.25) is 0 Å². The standard InChI is InChI=1S/C23H25NO4/c1-14(10-21(25)24-12-17-8-6-7-9-20(17)26-4)18-11-19-15(2)13-28-23(19)16(3)22(18)27-5/h6-11,13H,12H2,1-5H3,(H,24,25)/b14-10+. The Morgan fingerprint density at radius 3 is 2.64 bits per heavy atom. The molecule has 0 saturated carbocycles. The fraction of sp³-hybridized carbons (Fsp3) is 0.261. The van der Waals surface area contributed by atoms with Crippen molar-refractivity contribution < 1.29 is 18.7 Å². The Morgan fingerprint density at radius 2 is 1.93 bits per heavy atom. The first-order valence-electron chi connectivity index (χ1n) is 9.10. The molecule has 0 radical (unpaired) electrons. The van der Waals surface area contributed by atoms with Crippen molar-refractivity contribution in [2.24, 2.45) is 0 Å². The number of rotatable bonds is 6. The molecular weight excluding hydrogens is 354 g/mol. The number of furan rings is 1. The molecule has 0 saturated heterocycles. The molecule has 0 unspecified atom stereocenters. The summed E-state index contributed by atoms with van der Waals surface area (Å²) in [5, 5.41) is 3.94. The maximum Gasteiger partial charge on any atom is 0.244 e. The number of amides is 1. The summed E-state index contributed by atoms with van der Waals surface area (Å²) in [6.07, 6.45) is 3.33. The third-order valence-electron chi connectivity index (χ3n) is 4.86. The van der Waals surface area contributed by atoms with Crippen LogP contribution in [0.4, 0.5) is 0 Å². The van der Waals surface area contributed by atoms with Gasteiger partial charge in [0.15, 0.2) is 0 Å². The number of fused-ring (bicyclic) bond motifs is 1. The van der Waals surface area contributed by atoms with Gasteiger partial charge in [0.05, 0.1) is 20.5 Å². The number of ether oxygens (including phenoxy) is 2. The van der Waals surface area contributed by atoms with E-state index in [1.165, 1.54) is 0 Å². The third kappa shape index (κ3) is 3.74. The number of methoxy groups -OCH3 is 2. The van der Waals surface area contributed by atoms with Gasteiger partial charge in [-0.05, 0) is 44.0 Å². The van der Waals surface area contributed by atoms with Gasteiger partial charge in [-0.2, -0.15) is 0 Å². The maximum atomic E-state index is 12.5. The highest BCUT2D eigenvalue weighted by molar-refractivity contribution is 5.98. The summed E-state index contributed by atoms with van der Waals surface area (Å²) in [4.78, 5) is 12.5. The molecule has 0 aliphatic carbocycles. The van der Waals surface area contributed by atoms with Gasteiger partial charge >= 0.3 is 0 Å². The van der Waals surface area contributed by atoms with Crippen LogP contribution in [-0.4, -0.2) is 20.1 Å². The average molecular weight is 379 g/mol. The molecule has 146 valence electrons. The van der Waals surface area contributed by atoms with Gasteiger partial charge in [-0.1, -0.05) is 18.2 Å². The van der Waals surface area contributed by atoms with Crippen molar-refractivity contribution in [3.63, 3.8) is 0 Å². The number of nitrogens with one attached hydrogen (secondary N) is 1. The minimum atomic E-state index is -0.174. The highest BCUT2D eigenvalue weighted by atomic mass is 16.5. The number of allylic oxidation sites excluding steroid dienone is 1. The van der Waals surface area contributed by atoms with Gasteiger partial charge in [-0.15, -0.1) is 0 Å². The quantitative estimate of drug-likeness (QED) is 0.626. The second-order valence-electron chi connectivity index (χ2n) is 6.73. The number of aryl methyl sites for hydroxylation is 2. The molecule has 1 heterocycles. The van der Waals surface area contributed by atoms with Gasteiger partial charge in [-0.25, -0.2) is 0 Å². The van der Waals surface area contributed by atoms with Crippen molar-refractivity contribution in [1.82, 2.24) is 5.32 Å². The van der Waals surface area contributed by atoms with E-state index in [0.29, 0.717) is 12.3 Å². The van der Waals surface area contributed by atoms with Crippen molar-refractivity contribution in [1.29, 1.82) is 0 Å². The first kappa shape index (κ1) is 19.5. The van der Waals surface area contributed by atoms with Crippen LogP contribution >= 0.6 is 0 Å². The van der Waals surface area contributed by atoms with E-state index in [2.05, 4.69) is 5.32 Å². The lowest BCUT2D eigenvalue weighted by Gasteiger charge is -2.13. The van der Waals surface area contributed by atoms with E-state index in [1.54, 1.807) is 26.6 Å². The number of para-hydroxylation sites is 1. The van der Waals surface area contributed by atoms with Crippen molar-refractivity contribution in [2.45, 2.75) is 27.3 Å². The van der Waals surface area contributed by atoms with Crippen molar-refractivity contribution in [3.8, 4) is 11.5 Å². The Balaban J connectivity index is 1.86. The van der Waals surface area contributed by atoms with Crippen LogP contribution in [0.3, 0.4) is 0 Å². The molecule has 1 amide bonds. The van der Waals surface area contributed by atoms with E-state index in [1.807, 2.05) is 51.1 Å². The van der Waals surface area contributed by atoms with Gasteiger partial charge in [0, 0.05) is 34.7 Å². The topological polar surface area (TPSA) is 60.7 Å². The highest BCUT2D eigenvalue weighted by Gasteiger charge is 2.16. The smallest absolute Gasteiger partial charge is 0.244 e. The maximum absolute atomic E-state index is 12.5. The molecule has 5 heteroatoms. The fourth-order valence-corrected chi connectivity index (χ4v) is 3.35. The van der Waals surface area contributed by atoms with Crippen LogP contribution in [0.25, 0.3) is 16.5 Å². The largest absolute Gasteiger partial charge is 0.496 e. The normalized spacial score (nSPS) is 11.5.